The van der Waals surface area contributed by atoms with Gasteiger partial charge in [0.1, 0.15) is 5.82 Å². The highest BCUT2D eigenvalue weighted by Gasteiger charge is 2.20. The summed E-state index contributed by atoms with van der Waals surface area (Å²) in [6.07, 6.45) is 3.55. The molecule has 3 heterocycles. The summed E-state index contributed by atoms with van der Waals surface area (Å²) in [5, 5.41) is 11.1. The van der Waals surface area contributed by atoms with E-state index in [2.05, 4.69) is 20.4 Å². The predicted molar refractivity (Wildman–Crippen MR) is 87.2 cm³/mol. The van der Waals surface area contributed by atoms with Crippen LogP contribution in [0.5, 0.6) is 0 Å². The molecule has 7 heteroatoms. The van der Waals surface area contributed by atoms with Crippen LogP contribution in [0.4, 0.5) is 5.82 Å². The smallest absolute Gasteiger partial charge is 0.250 e. The van der Waals surface area contributed by atoms with Crippen molar-refractivity contribution in [2.45, 2.75) is 12.6 Å². The third kappa shape index (κ3) is 4.37. The van der Waals surface area contributed by atoms with Gasteiger partial charge in [-0.1, -0.05) is 0 Å². The van der Waals surface area contributed by atoms with E-state index in [1.54, 1.807) is 23.9 Å². The Kier molecular flexibility index (Phi) is 4.99. The van der Waals surface area contributed by atoms with Crippen molar-refractivity contribution < 1.29 is 4.74 Å². The summed E-state index contributed by atoms with van der Waals surface area (Å²) in [6, 6.07) is 7.42. The second kappa shape index (κ2) is 7.34. The van der Waals surface area contributed by atoms with Gasteiger partial charge in [0.15, 0.2) is 0 Å². The number of hydrogen-bond acceptors (Lipinski definition) is 6. The van der Waals surface area contributed by atoms with E-state index in [4.69, 9.17) is 4.74 Å². The average molecular weight is 315 g/mol. The normalized spacial score (nSPS) is 18.7. The molecule has 0 saturated carbocycles. The van der Waals surface area contributed by atoms with Crippen LogP contribution in [-0.4, -0.2) is 52.0 Å². The maximum atomic E-state index is 11.7. The van der Waals surface area contributed by atoms with E-state index in [-0.39, 0.29) is 11.7 Å². The second-order valence-electron chi connectivity index (χ2n) is 5.70. The third-order valence-electron chi connectivity index (χ3n) is 3.88. The lowest BCUT2D eigenvalue weighted by Crippen LogP contribution is -2.45. The van der Waals surface area contributed by atoms with E-state index in [0.717, 1.165) is 31.0 Å². The van der Waals surface area contributed by atoms with Crippen molar-refractivity contribution in [1.29, 1.82) is 0 Å². The van der Waals surface area contributed by atoms with Crippen molar-refractivity contribution in [3.8, 4) is 0 Å². The number of aryl methyl sites for hydroxylation is 1. The number of nitrogens with one attached hydrogen (secondary N) is 1. The van der Waals surface area contributed by atoms with Gasteiger partial charge in [0, 0.05) is 51.7 Å². The molecular formula is C16H21N5O2. The zero-order valence-electron chi connectivity index (χ0n) is 13.2. The SMILES string of the molecule is Cn1ccc(CN2CCOC(CNc3cccnn3)C2)cc1=O. The summed E-state index contributed by atoms with van der Waals surface area (Å²) in [6.45, 7) is 3.84. The van der Waals surface area contributed by atoms with E-state index >= 15 is 0 Å². The fourth-order valence-electron chi connectivity index (χ4n) is 2.61. The third-order valence-corrected chi connectivity index (χ3v) is 3.88. The summed E-state index contributed by atoms with van der Waals surface area (Å²) in [4.78, 5) is 14.0. The summed E-state index contributed by atoms with van der Waals surface area (Å²) in [5.41, 5.74) is 1.06. The lowest BCUT2D eigenvalue weighted by atomic mass is 10.2. The van der Waals surface area contributed by atoms with Crippen LogP contribution < -0.4 is 10.9 Å². The Balaban J connectivity index is 1.53. The summed E-state index contributed by atoms with van der Waals surface area (Å²) < 4.78 is 7.37. The number of morpholine rings is 1. The van der Waals surface area contributed by atoms with Crippen LogP contribution in [0.15, 0.2) is 41.5 Å². The van der Waals surface area contributed by atoms with Crippen LogP contribution in [0.25, 0.3) is 0 Å². The Labute approximate surface area is 134 Å². The molecule has 23 heavy (non-hydrogen) atoms. The van der Waals surface area contributed by atoms with E-state index in [0.29, 0.717) is 13.2 Å². The Hall–Kier alpha value is -2.25. The molecule has 0 radical (unpaired) electrons. The Morgan fingerprint density at radius 1 is 1.43 bits per heavy atom. The van der Waals surface area contributed by atoms with Crippen molar-refractivity contribution in [2.75, 3.05) is 31.6 Å². The van der Waals surface area contributed by atoms with E-state index in [1.807, 2.05) is 24.4 Å². The molecule has 0 bridgehead atoms. The van der Waals surface area contributed by atoms with Gasteiger partial charge < -0.3 is 14.6 Å². The van der Waals surface area contributed by atoms with Gasteiger partial charge in [-0.3, -0.25) is 9.69 Å². The van der Waals surface area contributed by atoms with Gasteiger partial charge in [0.05, 0.1) is 12.7 Å². The molecule has 1 aliphatic heterocycles. The minimum absolute atomic E-state index is 0.0247. The number of ether oxygens (including phenoxy) is 1. The number of aromatic nitrogens is 3. The van der Waals surface area contributed by atoms with Crippen LogP contribution >= 0.6 is 0 Å². The fraction of sp³-hybridized carbons (Fsp3) is 0.438. The van der Waals surface area contributed by atoms with E-state index < -0.39 is 0 Å². The molecule has 1 unspecified atom stereocenters. The van der Waals surface area contributed by atoms with Crippen molar-refractivity contribution in [3.05, 3.63) is 52.6 Å². The number of pyridine rings is 1. The topological polar surface area (TPSA) is 72.3 Å². The van der Waals surface area contributed by atoms with Crippen LogP contribution in [-0.2, 0) is 18.3 Å². The lowest BCUT2D eigenvalue weighted by molar-refractivity contribution is -0.0241. The largest absolute Gasteiger partial charge is 0.374 e. The molecular weight excluding hydrogens is 294 g/mol. The molecule has 122 valence electrons. The van der Waals surface area contributed by atoms with Crippen molar-refractivity contribution in [1.82, 2.24) is 19.7 Å². The molecule has 1 aliphatic rings. The molecule has 2 aromatic rings. The van der Waals surface area contributed by atoms with E-state index in [9.17, 15) is 4.79 Å². The molecule has 1 fully saturated rings. The molecule has 7 nitrogen and oxygen atoms in total. The van der Waals surface area contributed by atoms with Crippen LogP contribution in [0.3, 0.4) is 0 Å². The number of hydrogen-bond donors (Lipinski definition) is 1. The first kappa shape index (κ1) is 15.6. The fourth-order valence-corrected chi connectivity index (χ4v) is 2.61. The monoisotopic (exact) mass is 315 g/mol. The van der Waals surface area contributed by atoms with Crippen LogP contribution in [0, 0.1) is 0 Å². The first-order valence-electron chi connectivity index (χ1n) is 7.72. The van der Waals surface area contributed by atoms with Gasteiger partial charge in [-0.25, -0.2) is 0 Å². The molecule has 3 rings (SSSR count). The number of rotatable bonds is 5. The zero-order chi connectivity index (χ0) is 16.1. The summed E-state index contributed by atoms with van der Waals surface area (Å²) in [5.74, 6) is 0.750. The Morgan fingerprint density at radius 3 is 3.13 bits per heavy atom. The minimum Gasteiger partial charge on any atom is -0.374 e. The van der Waals surface area contributed by atoms with Gasteiger partial charge in [0.2, 0.25) is 0 Å². The molecule has 0 aromatic carbocycles. The van der Waals surface area contributed by atoms with Gasteiger partial charge in [0.25, 0.3) is 5.56 Å². The highest BCUT2D eigenvalue weighted by molar-refractivity contribution is 5.31. The molecule has 1 N–H and O–H groups in total. The molecule has 1 saturated heterocycles. The minimum atomic E-state index is 0.0247. The maximum absolute atomic E-state index is 11.7. The number of nitrogens with zero attached hydrogens (tertiary/aromatic N) is 4. The second-order valence-corrected chi connectivity index (χ2v) is 5.70. The van der Waals surface area contributed by atoms with Gasteiger partial charge in [-0.05, 0) is 23.8 Å². The molecule has 0 spiro atoms. The Bertz CT molecular complexity index is 688. The molecule has 0 aliphatic carbocycles. The Morgan fingerprint density at radius 2 is 2.35 bits per heavy atom. The van der Waals surface area contributed by atoms with Crippen molar-refractivity contribution in [3.63, 3.8) is 0 Å². The van der Waals surface area contributed by atoms with Gasteiger partial charge >= 0.3 is 0 Å². The predicted octanol–water partition coefficient (Wildman–Crippen LogP) is 0.488. The zero-order valence-corrected chi connectivity index (χ0v) is 13.2. The van der Waals surface area contributed by atoms with Crippen molar-refractivity contribution >= 4 is 5.82 Å². The van der Waals surface area contributed by atoms with Gasteiger partial charge in [-0.2, -0.15) is 5.10 Å². The highest BCUT2D eigenvalue weighted by Crippen LogP contribution is 2.10. The first-order chi connectivity index (χ1) is 11.2. The maximum Gasteiger partial charge on any atom is 0.250 e. The average Bonchev–Trinajstić information content (AvgIpc) is 2.58. The summed E-state index contributed by atoms with van der Waals surface area (Å²) in [7, 11) is 1.76. The molecule has 0 amide bonds. The van der Waals surface area contributed by atoms with Crippen molar-refractivity contribution in [2.24, 2.45) is 7.05 Å². The quantitative estimate of drug-likeness (QED) is 0.866. The van der Waals surface area contributed by atoms with Gasteiger partial charge in [-0.15, -0.1) is 5.10 Å². The summed E-state index contributed by atoms with van der Waals surface area (Å²) >= 11 is 0. The van der Waals surface area contributed by atoms with Crippen LogP contribution in [0.2, 0.25) is 0 Å². The molecule has 1 atom stereocenters. The standard InChI is InChI=1S/C16H21N5O2/c1-20-6-4-13(9-16(20)22)11-21-7-8-23-14(12-21)10-17-15-3-2-5-18-19-15/h2-6,9,14H,7-8,10-12H2,1H3,(H,17,19). The highest BCUT2D eigenvalue weighted by atomic mass is 16.5. The first-order valence-corrected chi connectivity index (χ1v) is 7.72. The van der Waals surface area contributed by atoms with E-state index in [1.165, 1.54) is 0 Å². The number of anilines is 1. The van der Waals surface area contributed by atoms with Crippen LogP contribution in [0.1, 0.15) is 5.56 Å². The molecule has 2 aromatic heterocycles. The lowest BCUT2D eigenvalue weighted by Gasteiger charge is -2.33.